The second-order valence-electron chi connectivity index (χ2n) is 12.4. The van der Waals surface area contributed by atoms with Crippen molar-refractivity contribution in [3.63, 3.8) is 0 Å². The van der Waals surface area contributed by atoms with Gasteiger partial charge in [-0.25, -0.2) is 9.59 Å². The van der Waals surface area contributed by atoms with E-state index in [-0.39, 0.29) is 30.6 Å². The molecule has 262 valence electrons. The molecular weight excluding hydrogens is 621 g/mol. The second-order valence-corrected chi connectivity index (χ2v) is 12.4. The molecule has 0 heterocycles. The minimum atomic E-state index is -4.68. The lowest BCUT2D eigenvalue weighted by Crippen LogP contribution is -2.45. The number of ether oxygens (including phenoxy) is 3. The van der Waals surface area contributed by atoms with Gasteiger partial charge in [0, 0.05) is 12.8 Å². The maximum absolute atomic E-state index is 13.6. The quantitative estimate of drug-likeness (QED) is 0.0793. The first-order valence-corrected chi connectivity index (χ1v) is 17.3. The minimum Gasteiger partial charge on any atom is -0.449 e. The van der Waals surface area contributed by atoms with Crippen molar-refractivity contribution in [3.8, 4) is 5.75 Å². The Kier molecular flexibility index (Phi) is 15.9. The summed E-state index contributed by atoms with van der Waals surface area (Å²) in [5.41, 5.74) is -0.00929. The van der Waals surface area contributed by atoms with Crippen LogP contribution in [-0.2, 0) is 19.1 Å². The fraction of sp³-hybridized carbons (Fsp3) is 0.513. The fourth-order valence-corrected chi connectivity index (χ4v) is 5.49. The fourth-order valence-electron chi connectivity index (χ4n) is 5.49. The van der Waals surface area contributed by atoms with Gasteiger partial charge in [0.05, 0.1) is 5.56 Å². The standard InChI is InChI=1S/C39H49F3O6/c1-3-5-7-9-11-16-20-34(39(40,41)42)47-36(44)32-22-24-33(25-23-32)46-37(45)38(48-35(43)21-17-12-10-8-6-4-2)28-26-31(27-29-38)30-18-14-13-15-19-30/h13-15,18-19,22-28,34H,3-12,16-17,20-21,29H2,1-2H3. The van der Waals surface area contributed by atoms with Gasteiger partial charge in [0.2, 0.25) is 5.60 Å². The summed E-state index contributed by atoms with van der Waals surface area (Å²) in [6, 6.07) is 14.7. The molecule has 2 aromatic rings. The lowest BCUT2D eigenvalue weighted by Gasteiger charge is -2.30. The molecule has 0 fully saturated rings. The molecule has 2 aromatic carbocycles. The van der Waals surface area contributed by atoms with Gasteiger partial charge in [-0.3, -0.25) is 4.79 Å². The number of allylic oxidation sites excluding steroid dienone is 2. The van der Waals surface area contributed by atoms with Gasteiger partial charge in [0.1, 0.15) is 5.75 Å². The minimum absolute atomic E-state index is 0.0357. The Morgan fingerprint density at radius 1 is 0.792 bits per heavy atom. The molecule has 3 rings (SSSR count). The molecule has 6 nitrogen and oxygen atoms in total. The molecule has 1 aliphatic rings. The van der Waals surface area contributed by atoms with Gasteiger partial charge in [-0.1, -0.05) is 121 Å². The normalized spacial score (nSPS) is 16.6. The molecule has 0 spiro atoms. The van der Waals surface area contributed by atoms with Gasteiger partial charge in [0.25, 0.3) is 0 Å². The molecule has 48 heavy (non-hydrogen) atoms. The highest BCUT2D eigenvalue weighted by atomic mass is 19.4. The van der Waals surface area contributed by atoms with Gasteiger partial charge in [-0.05, 0) is 60.7 Å². The van der Waals surface area contributed by atoms with E-state index in [1.807, 2.05) is 36.4 Å². The van der Waals surface area contributed by atoms with Crippen LogP contribution in [0.15, 0.2) is 72.8 Å². The lowest BCUT2D eigenvalue weighted by atomic mass is 9.89. The number of unbranched alkanes of at least 4 members (excludes halogenated alkanes) is 10. The Morgan fingerprint density at radius 2 is 1.40 bits per heavy atom. The number of hydrogen-bond acceptors (Lipinski definition) is 6. The average molecular weight is 671 g/mol. The SMILES string of the molecule is CCCCCCCCC(=O)OC1(C(=O)Oc2ccc(C(=O)OC(CCCCCCCC)C(F)(F)F)cc2)C=CC(c2ccccc2)=CC1. The maximum atomic E-state index is 13.6. The number of carbonyl (C=O) groups is 3. The van der Waals surface area contributed by atoms with E-state index in [0.29, 0.717) is 19.3 Å². The van der Waals surface area contributed by atoms with Crippen LogP contribution in [-0.4, -0.2) is 35.8 Å². The Labute approximate surface area is 282 Å². The van der Waals surface area contributed by atoms with Crippen LogP contribution in [0.3, 0.4) is 0 Å². The molecule has 9 heteroatoms. The van der Waals surface area contributed by atoms with E-state index in [2.05, 4.69) is 13.8 Å². The van der Waals surface area contributed by atoms with Crippen molar-refractivity contribution < 1.29 is 41.8 Å². The molecule has 1 aliphatic carbocycles. The van der Waals surface area contributed by atoms with Crippen LogP contribution in [0.1, 0.15) is 126 Å². The van der Waals surface area contributed by atoms with Crippen LogP contribution in [0.5, 0.6) is 5.75 Å². The van der Waals surface area contributed by atoms with Gasteiger partial charge < -0.3 is 14.2 Å². The van der Waals surface area contributed by atoms with Crippen molar-refractivity contribution in [2.75, 3.05) is 0 Å². The van der Waals surface area contributed by atoms with E-state index in [0.717, 1.165) is 68.9 Å². The van der Waals surface area contributed by atoms with E-state index in [1.165, 1.54) is 30.3 Å². The largest absolute Gasteiger partial charge is 0.449 e. The number of carbonyl (C=O) groups excluding carboxylic acids is 3. The molecule has 0 aromatic heterocycles. The summed E-state index contributed by atoms with van der Waals surface area (Å²) in [5, 5.41) is 0. The smallest absolute Gasteiger partial charge is 0.425 e. The highest BCUT2D eigenvalue weighted by molar-refractivity contribution is 5.91. The molecule has 0 aliphatic heterocycles. The van der Waals surface area contributed by atoms with E-state index in [9.17, 15) is 27.6 Å². The Morgan fingerprint density at radius 3 is 1.98 bits per heavy atom. The van der Waals surface area contributed by atoms with Crippen LogP contribution >= 0.6 is 0 Å². The van der Waals surface area contributed by atoms with Crippen molar-refractivity contribution in [2.24, 2.45) is 0 Å². The van der Waals surface area contributed by atoms with Crippen molar-refractivity contribution in [3.05, 3.63) is 84.0 Å². The molecule has 0 bridgehead atoms. The first-order chi connectivity index (χ1) is 23.1. The molecular formula is C39H49F3O6. The second kappa shape index (κ2) is 19.8. The number of halogens is 3. The summed E-state index contributed by atoms with van der Waals surface area (Å²) >= 11 is 0. The molecule has 2 atom stereocenters. The van der Waals surface area contributed by atoms with E-state index in [1.54, 1.807) is 6.08 Å². The summed E-state index contributed by atoms with van der Waals surface area (Å²) in [6.45, 7) is 4.20. The number of hydrogen-bond donors (Lipinski definition) is 0. The third-order valence-corrected chi connectivity index (χ3v) is 8.38. The third kappa shape index (κ3) is 12.6. The molecule has 0 N–H and O–H groups in total. The summed E-state index contributed by atoms with van der Waals surface area (Å²) in [5.74, 6) is -2.42. The number of esters is 3. The summed E-state index contributed by atoms with van der Waals surface area (Å²) in [4.78, 5) is 39.1. The van der Waals surface area contributed by atoms with Crippen molar-refractivity contribution in [2.45, 2.75) is 128 Å². The van der Waals surface area contributed by atoms with Crippen LogP contribution in [0.2, 0.25) is 0 Å². The summed E-state index contributed by atoms with van der Waals surface area (Å²) in [6.07, 6.45) is 8.87. The maximum Gasteiger partial charge on any atom is 0.425 e. The zero-order valence-corrected chi connectivity index (χ0v) is 28.2. The van der Waals surface area contributed by atoms with Crippen molar-refractivity contribution >= 4 is 23.5 Å². The van der Waals surface area contributed by atoms with E-state index < -0.39 is 35.8 Å². The highest BCUT2D eigenvalue weighted by Crippen LogP contribution is 2.33. The monoisotopic (exact) mass is 670 g/mol. The van der Waals surface area contributed by atoms with Gasteiger partial charge >= 0.3 is 24.1 Å². The first-order valence-electron chi connectivity index (χ1n) is 17.3. The summed E-state index contributed by atoms with van der Waals surface area (Å²) in [7, 11) is 0. The Hall–Kier alpha value is -3.88. The number of benzene rings is 2. The number of rotatable bonds is 20. The predicted molar refractivity (Wildman–Crippen MR) is 180 cm³/mol. The summed E-state index contributed by atoms with van der Waals surface area (Å²) < 4.78 is 57.1. The molecule has 2 unspecified atom stereocenters. The van der Waals surface area contributed by atoms with Gasteiger partial charge in [-0.2, -0.15) is 13.2 Å². The van der Waals surface area contributed by atoms with Crippen LogP contribution in [0, 0.1) is 0 Å². The first kappa shape index (κ1) is 38.6. The zero-order valence-electron chi connectivity index (χ0n) is 28.2. The zero-order chi connectivity index (χ0) is 34.8. The Bertz CT molecular complexity index is 1350. The number of alkyl halides is 3. The van der Waals surface area contributed by atoms with Crippen LogP contribution < -0.4 is 4.74 Å². The molecule has 0 saturated carbocycles. The third-order valence-electron chi connectivity index (χ3n) is 8.38. The topological polar surface area (TPSA) is 78.9 Å². The van der Waals surface area contributed by atoms with Gasteiger partial charge in [0.15, 0.2) is 6.10 Å². The lowest BCUT2D eigenvalue weighted by molar-refractivity contribution is -0.206. The Balaban J connectivity index is 1.65. The van der Waals surface area contributed by atoms with Crippen molar-refractivity contribution in [1.82, 2.24) is 0 Å². The average Bonchev–Trinajstić information content (AvgIpc) is 3.07. The predicted octanol–water partition coefficient (Wildman–Crippen LogP) is 10.5. The van der Waals surface area contributed by atoms with E-state index in [4.69, 9.17) is 14.2 Å². The van der Waals surface area contributed by atoms with Crippen LogP contribution in [0.25, 0.3) is 5.57 Å². The van der Waals surface area contributed by atoms with Gasteiger partial charge in [-0.15, -0.1) is 0 Å². The molecule has 0 saturated heterocycles. The highest BCUT2D eigenvalue weighted by Gasteiger charge is 2.44. The van der Waals surface area contributed by atoms with Crippen LogP contribution in [0.4, 0.5) is 13.2 Å². The van der Waals surface area contributed by atoms with E-state index >= 15 is 0 Å². The molecule has 0 radical (unpaired) electrons. The van der Waals surface area contributed by atoms with Crippen molar-refractivity contribution in [1.29, 1.82) is 0 Å². The molecule has 0 amide bonds.